The average molecular weight is 407 g/mol. The molecule has 156 valence electrons. The Kier molecular flexibility index (Phi) is 6.67. The molecule has 1 aliphatic rings. The highest BCUT2D eigenvalue weighted by Gasteiger charge is 2.24. The Labute approximate surface area is 176 Å². The first kappa shape index (κ1) is 21.3. The summed E-state index contributed by atoms with van der Waals surface area (Å²) in [6, 6.07) is 12.8. The number of carbonyl (C=O) groups is 2. The van der Waals surface area contributed by atoms with Gasteiger partial charge in [-0.1, -0.05) is 39.0 Å². The van der Waals surface area contributed by atoms with Crippen LogP contribution in [-0.2, 0) is 14.3 Å². The number of hydrogen-bond acceptors (Lipinski definition) is 6. The average Bonchev–Trinajstić information content (AvgIpc) is 3.09. The summed E-state index contributed by atoms with van der Waals surface area (Å²) in [4.78, 5) is 28.4. The van der Waals surface area contributed by atoms with Crippen LogP contribution in [0.1, 0.15) is 56.2 Å². The normalized spacial score (nSPS) is 14.6. The maximum absolute atomic E-state index is 12.3. The van der Waals surface area contributed by atoms with E-state index in [4.69, 9.17) is 14.2 Å². The van der Waals surface area contributed by atoms with E-state index in [1.807, 2.05) is 31.2 Å². The van der Waals surface area contributed by atoms with Gasteiger partial charge in [0.15, 0.2) is 17.2 Å². The monoisotopic (exact) mass is 407 g/mol. The Morgan fingerprint density at radius 2 is 1.87 bits per heavy atom. The summed E-state index contributed by atoms with van der Waals surface area (Å²) in [5, 5.41) is 0. The van der Waals surface area contributed by atoms with Gasteiger partial charge in [-0.05, 0) is 53.8 Å². The zero-order valence-corrected chi connectivity index (χ0v) is 17.6. The van der Waals surface area contributed by atoms with Crippen molar-refractivity contribution in [2.45, 2.75) is 39.5 Å². The van der Waals surface area contributed by atoms with Crippen molar-refractivity contribution in [1.82, 2.24) is 0 Å². The fourth-order valence-electron chi connectivity index (χ4n) is 2.94. The van der Waals surface area contributed by atoms with E-state index in [1.165, 1.54) is 12.7 Å². The van der Waals surface area contributed by atoms with Crippen LogP contribution < -0.4 is 9.47 Å². The Bertz CT molecular complexity index is 1000. The van der Waals surface area contributed by atoms with Crippen molar-refractivity contribution in [3.05, 3.63) is 64.9 Å². The molecule has 6 nitrogen and oxygen atoms in total. The highest BCUT2D eigenvalue weighted by atomic mass is 16.6. The molecule has 6 heteroatoms. The van der Waals surface area contributed by atoms with Gasteiger partial charge in [0.2, 0.25) is 5.90 Å². The number of ether oxygens (including phenoxy) is 3. The van der Waals surface area contributed by atoms with Gasteiger partial charge in [0, 0.05) is 12.0 Å². The van der Waals surface area contributed by atoms with E-state index < -0.39 is 5.97 Å². The van der Waals surface area contributed by atoms with Crippen molar-refractivity contribution in [3.63, 3.8) is 0 Å². The smallest absolute Gasteiger partial charge is 0.363 e. The molecule has 0 unspecified atom stereocenters. The number of aliphatic imine (C=N–C) groups is 1. The van der Waals surface area contributed by atoms with E-state index in [1.54, 1.807) is 24.3 Å². The largest absolute Gasteiger partial charge is 0.493 e. The van der Waals surface area contributed by atoms with Crippen molar-refractivity contribution >= 4 is 23.9 Å². The molecule has 0 saturated heterocycles. The summed E-state index contributed by atoms with van der Waals surface area (Å²) < 4.78 is 16.0. The van der Waals surface area contributed by atoms with Crippen molar-refractivity contribution in [2.24, 2.45) is 4.99 Å². The van der Waals surface area contributed by atoms with Gasteiger partial charge >= 0.3 is 11.9 Å². The lowest BCUT2D eigenvalue weighted by molar-refractivity contribution is -0.134. The van der Waals surface area contributed by atoms with Crippen molar-refractivity contribution < 1.29 is 23.8 Å². The number of cyclic esters (lactones) is 1. The first-order chi connectivity index (χ1) is 14.4. The molecule has 0 amide bonds. The molecule has 3 rings (SSSR count). The predicted octanol–water partition coefficient (Wildman–Crippen LogP) is 4.87. The lowest BCUT2D eigenvalue weighted by Crippen LogP contribution is -2.07. The SMILES string of the molecule is CCCC(=O)Oc1ccc(/C=C2\N=C(c3ccc(C(C)C)cc3)OC2=O)cc1OC. The summed E-state index contributed by atoms with van der Waals surface area (Å²) >= 11 is 0. The number of methoxy groups -OCH3 is 1. The zero-order valence-electron chi connectivity index (χ0n) is 17.6. The minimum atomic E-state index is -0.518. The lowest BCUT2D eigenvalue weighted by Gasteiger charge is -2.09. The molecular weight excluding hydrogens is 382 g/mol. The van der Waals surface area contributed by atoms with Gasteiger partial charge in [-0.3, -0.25) is 4.79 Å². The third-order valence-corrected chi connectivity index (χ3v) is 4.61. The fourth-order valence-corrected chi connectivity index (χ4v) is 2.94. The van der Waals surface area contributed by atoms with Gasteiger partial charge in [0.25, 0.3) is 0 Å². The molecule has 2 aromatic carbocycles. The molecule has 0 atom stereocenters. The van der Waals surface area contributed by atoms with E-state index in [-0.39, 0.29) is 17.6 Å². The second-order valence-electron chi connectivity index (χ2n) is 7.25. The molecule has 30 heavy (non-hydrogen) atoms. The number of nitrogens with zero attached hydrogens (tertiary/aromatic N) is 1. The van der Waals surface area contributed by atoms with Crippen LogP contribution in [0.3, 0.4) is 0 Å². The first-order valence-corrected chi connectivity index (χ1v) is 9.93. The summed E-state index contributed by atoms with van der Waals surface area (Å²) in [7, 11) is 1.49. The molecular formula is C24H25NO5. The van der Waals surface area contributed by atoms with Gasteiger partial charge < -0.3 is 14.2 Å². The van der Waals surface area contributed by atoms with Crippen molar-refractivity contribution in [1.29, 1.82) is 0 Å². The summed E-state index contributed by atoms with van der Waals surface area (Å²) in [5.41, 5.74) is 2.81. The fraction of sp³-hybridized carbons (Fsp3) is 0.292. The van der Waals surface area contributed by atoms with Crippen LogP contribution in [0.5, 0.6) is 11.5 Å². The number of carbonyl (C=O) groups excluding carboxylic acids is 2. The minimum absolute atomic E-state index is 0.190. The van der Waals surface area contributed by atoms with E-state index in [9.17, 15) is 9.59 Å². The highest BCUT2D eigenvalue weighted by Crippen LogP contribution is 2.30. The second-order valence-corrected chi connectivity index (χ2v) is 7.25. The van der Waals surface area contributed by atoms with Crippen LogP contribution in [0.4, 0.5) is 0 Å². The number of hydrogen-bond donors (Lipinski definition) is 0. The van der Waals surface area contributed by atoms with Crippen LogP contribution in [-0.4, -0.2) is 24.9 Å². The quantitative estimate of drug-likeness (QED) is 0.372. The van der Waals surface area contributed by atoms with Gasteiger partial charge in [-0.15, -0.1) is 0 Å². The summed E-state index contributed by atoms with van der Waals surface area (Å²) in [5.74, 6) is 0.588. The molecule has 0 aliphatic carbocycles. The first-order valence-electron chi connectivity index (χ1n) is 9.93. The summed E-state index contributed by atoms with van der Waals surface area (Å²) in [6.07, 6.45) is 2.64. The molecule has 0 saturated carbocycles. The van der Waals surface area contributed by atoms with Crippen LogP contribution in [0.25, 0.3) is 6.08 Å². The molecule has 2 aromatic rings. The third kappa shape index (κ3) is 4.95. The number of esters is 2. The Morgan fingerprint density at radius 1 is 1.13 bits per heavy atom. The number of benzene rings is 2. The van der Waals surface area contributed by atoms with Gasteiger partial charge in [0.05, 0.1) is 7.11 Å². The van der Waals surface area contributed by atoms with E-state index in [0.717, 1.165) is 5.56 Å². The molecule has 0 aromatic heterocycles. The Hall–Kier alpha value is -3.41. The molecule has 0 spiro atoms. The predicted molar refractivity (Wildman–Crippen MR) is 115 cm³/mol. The minimum Gasteiger partial charge on any atom is -0.493 e. The van der Waals surface area contributed by atoms with Crippen molar-refractivity contribution in [3.8, 4) is 11.5 Å². The molecule has 1 aliphatic heterocycles. The zero-order chi connectivity index (χ0) is 21.7. The molecule has 0 bridgehead atoms. The molecule has 0 radical (unpaired) electrons. The van der Waals surface area contributed by atoms with E-state index in [0.29, 0.717) is 35.8 Å². The van der Waals surface area contributed by atoms with E-state index in [2.05, 4.69) is 18.8 Å². The lowest BCUT2D eigenvalue weighted by atomic mass is 10.0. The maximum atomic E-state index is 12.3. The topological polar surface area (TPSA) is 74.2 Å². The van der Waals surface area contributed by atoms with Gasteiger partial charge in [-0.2, -0.15) is 0 Å². The summed E-state index contributed by atoms with van der Waals surface area (Å²) in [6.45, 7) is 6.14. The van der Waals surface area contributed by atoms with Crippen LogP contribution in [0.2, 0.25) is 0 Å². The third-order valence-electron chi connectivity index (χ3n) is 4.61. The second kappa shape index (κ2) is 9.39. The number of rotatable bonds is 7. The maximum Gasteiger partial charge on any atom is 0.363 e. The van der Waals surface area contributed by atoms with Crippen LogP contribution in [0, 0.1) is 0 Å². The van der Waals surface area contributed by atoms with Gasteiger partial charge in [0.1, 0.15) is 0 Å². The molecule has 0 N–H and O–H groups in total. The van der Waals surface area contributed by atoms with E-state index >= 15 is 0 Å². The van der Waals surface area contributed by atoms with Crippen molar-refractivity contribution in [2.75, 3.05) is 7.11 Å². The van der Waals surface area contributed by atoms with Crippen LogP contribution >= 0.6 is 0 Å². The Balaban J connectivity index is 1.83. The highest BCUT2D eigenvalue weighted by molar-refractivity contribution is 6.12. The van der Waals surface area contributed by atoms with Crippen LogP contribution in [0.15, 0.2) is 53.2 Å². The van der Waals surface area contributed by atoms with Gasteiger partial charge in [-0.25, -0.2) is 9.79 Å². The molecule has 0 fully saturated rings. The molecule has 1 heterocycles. The Morgan fingerprint density at radius 3 is 2.50 bits per heavy atom. The standard InChI is InChI=1S/C24H25NO5/c1-5-6-22(26)29-20-12-7-16(14-21(20)28-4)13-19-24(27)30-23(25-19)18-10-8-17(9-11-18)15(2)3/h7-15H,5-6H2,1-4H3/b19-13-.